The zero-order valence-electron chi connectivity index (χ0n) is 9.08. The minimum atomic E-state index is -0.556. The summed E-state index contributed by atoms with van der Waals surface area (Å²) in [7, 11) is 3.10. The Bertz CT molecular complexity index is 160. The predicted molar refractivity (Wildman–Crippen MR) is 53.9 cm³/mol. The van der Waals surface area contributed by atoms with Gasteiger partial charge in [-0.3, -0.25) is 4.79 Å². The minimum absolute atomic E-state index is 0.0756. The molecule has 0 heterocycles. The summed E-state index contributed by atoms with van der Waals surface area (Å²) in [6, 6.07) is 0.0756. The lowest BCUT2D eigenvalue weighted by molar-refractivity contribution is -0.131. The summed E-state index contributed by atoms with van der Waals surface area (Å²) in [5.74, 6) is -0.168. The Kier molecular flexibility index (Phi) is 7.37. The Morgan fingerprint density at radius 2 is 2.14 bits per heavy atom. The normalized spacial score (nSPS) is 14.9. The summed E-state index contributed by atoms with van der Waals surface area (Å²) in [5, 5.41) is 2.79. The monoisotopic (exact) mass is 204 g/mol. The number of ether oxygens (including phenoxy) is 2. The third kappa shape index (κ3) is 5.16. The van der Waals surface area contributed by atoms with Gasteiger partial charge >= 0.3 is 0 Å². The highest BCUT2D eigenvalue weighted by Crippen LogP contribution is 1.94. The van der Waals surface area contributed by atoms with Crippen LogP contribution in [0.4, 0.5) is 0 Å². The number of hydrogen-bond donors (Lipinski definition) is 2. The Morgan fingerprint density at radius 1 is 1.50 bits per heavy atom. The Hall–Kier alpha value is -0.650. The number of hydrogen-bond acceptors (Lipinski definition) is 4. The smallest absolute Gasteiger partial charge is 0.250 e. The van der Waals surface area contributed by atoms with Crippen molar-refractivity contribution in [2.24, 2.45) is 5.73 Å². The molecule has 0 bridgehead atoms. The van der Waals surface area contributed by atoms with Gasteiger partial charge in [0.05, 0.1) is 0 Å². The molecule has 0 saturated heterocycles. The molecule has 0 aromatic carbocycles. The largest absolute Gasteiger partial charge is 0.385 e. The summed E-state index contributed by atoms with van der Waals surface area (Å²) in [4.78, 5) is 11.4. The summed E-state index contributed by atoms with van der Waals surface area (Å²) in [6.07, 6.45) is 0.225. The molecule has 0 aliphatic rings. The maximum absolute atomic E-state index is 11.4. The average Bonchev–Trinajstić information content (AvgIpc) is 2.16. The summed E-state index contributed by atoms with van der Waals surface area (Å²) < 4.78 is 9.80. The third-order valence-electron chi connectivity index (χ3n) is 1.93. The second-order valence-corrected chi connectivity index (χ2v) is 3.15. The zero-order chi connectivity index (χ0) is 11.0. The number of nitrogens with one attached hydrogen (secondary N) is 1. The van der Waals surface area contributed by atoms with Crippen molar-refractivity contribution in [2.45, 2.75) is 25.5 Å². The summed E-state index contributed by atoms with van der Waals surface area (Å²) in [5.41, 5.74) is 5.35. The van der Waals surface area contributed by atoms with Gasteiger partial charge in [0.1, 0.15) is 6.10 Å². The van der Waals surface area contributed by atoms with E-state index in [9.17, 15) is 4.79 Å². The van der Waals surface area contributed by atoms with Crippen molar-refractivity contribution >= 4 is 5.91 Å². The van der Waals surface area contributed by atoms with E-state index in [4.69, 9.17) is 15.2 Å². The summed E-state index contributed by atoms with van der Waals surface area (Å²) >= 11 is 0. The molecule has 0 aliphatic heterocycles. The van der Waals surface area contributed by atoms with Gasteiger partial charge in [0.2, 0.25) is 0 Å². The zero-order valence-corrected chi connectivity index (χ0v) is 9.08. The van der Waals surface area contributed by atoms with Gasteiger partial charge in [-0.15, -0.1) is 0 Å². The molecule has 0 aromatic heterocycles. The third-order valence-corrected chi connectivity index (χ3v) is 1.93. The van der Waals surface area contributed by atoms with E-state index in [1.165, 1.54) is 7.11 Å². The molecular weight excluding hydrogens is 184 g/mol. The lowest BCUT2D eigenvalue weighted by Gasteiger charge is -2.17. The van der Waals surface area contributed by atoms with Gasteiger partial charge in [-0.2, -0.15) is 0 Å². The molecule has 3 N–H and O–H groups in total. The minimum Gasteiger partial charge on any atom is -0.385 e. The first-order chi connectivity index (χ1) is 6.65. The fourth-order valence-corrected chi connectivity index (χ4v) is 1.01. The molecular formula is C9H20N2O3. The molecule has 2 unspecified atom stereocenters. The van der Waals surface area contributed by atoms with Crippen LogP contribution >= 0.6 is 0 Å². The Labute approximate surface area is 84.9 Å². The van der Waals surface area contributed by atoms with E-state index in [0.717, 1.165) is 6.42 Å². The Balaban J connectivity index is 3.79. The second-order valence-electron chi connectivity index (χ2n) is 3.15. The Morgan fingerprint density at radius 3 is 2.57 bits per heavy atom. The van der Waals surface area contributed by atoms with Crippen LogP contribution in [-0.2, 0) is 14.3 Å². The molecule has 0 fully saturated rings. The first-order valence-corrected chi connectivity index (χ1v) is 4.67. The van der Waals surface area contributed by atoms with Gasteiger partial charge in [-0.25, -0.2) is 0 Å². The molecule has 0 aliphatic carbocycles. The van der Waals surface area contributed by atoms with Crippen molar-refractivity contribution in [1.29, 1.82) is 0 Å². The number of methoxy groups -OCH3 is 2. The highest BCUT2D eigenvalue weighted by atomic mass is 16.5. The predicted octanol–water partition coefficient (Wildman–Crippen LogP) is -0.499. The maximum Gasteiger partial charge on any atom is 0.250 e. The molecule has 0 aromatic rings. The van der Waals surface area contributed by atoms with Crippen molar-refractivity contribution in [3.63, 3.8) is 0 Å². The summed E-state index contributed by atoms with van der Waals surface area (Å²) in [6.45, 7) is 2.74. The number of carbonyl (C=O) groups is 1. The van der Waals surface area contributed by atoms with Crippen LogP contribution in [0, 0.1) is 0 Å². The number of nitrogens with two attached hydrogens (primary N) is 1. The van der Waals surface area contributed by atoms with Crippen LogP contribution in [0.5, 0.6) is 0 Å². The van der Waals surface area contributed by atoms with Crippen LogP contribution in [0.1, 0.15) is 13.3 Å². The molecule has 0 saturated carbocycles. The van der Waals surface area contributed by atoms with E-state index in [1.807, 2.05) is 6.92 Å². The van der Waals surface area contributed by atoms with E-state index >= 15 is 0 Å². The lowest BCUT2D eigenvalue weighted by atomic mass is 10.2. The van der Waals surface area contributed by atoms with Crippen molar-refractivity contribution < 1.29 is 14.3 Å². The van der Waals surface area contributed by atoms with Crippen LogP contribution < -0.4 is 11.1 Å². The molecule has 1 amide bonds. The lowest BCUT2D eigenvalue weighted by Crippen LogP contribution is -2.44. The van der Waals surface area contributed by atoms with Gasteiger partial charge in [0.15, 0.2) is 0 Å². The molecule has 0 rings (SSSR count). The molecule has 5 nitrogen and oxygen atoms in total. The van der Waals surface area contributed by atoms with Crippen molar-refractivity contribution in [2.75, 3.05) is 27.4 Å². The van der Waals surface area contributed by atoms with Crippen LogP contribution in [0.3, 0.4) is 0 Å². The topological polar surface area (TPSA) is 73.6 Å². The first-order valence-electron chi connectivity index (χ1n) is 4.67. The van der Waals surface area contributed by atoms with E-state index in [-0.39, 0.29) is 18.5 Å². The van der Waals surface area contributed by atoms with Crippen molar-refractivity contribution in [3.05, 3.63) is 0 Å². The van der Waals surface area contributed by atoms with Gasteiger partial charge in [-0.05, 0) is 13.3 Å². The van der Waals surface area contributed by atoms with Crippen LogP contribution in [-0.4, -0.2) is 45.4 Å². The molecule has 84 valence electrons. The van der Waals surface area contributed by atoms with Crippen LogP contribution in [0.2, 0.25) is 0 Å². The number of amides is 1. The molecule has 0 radical (unpaired) electrons. The van der Waals surface area contributed by atoms with Crippen LogP contribution in [0.25, 0.3) is 0 Å². The molecule has 5 heteroatoms. The van der Waals surface area contributed by atoms with Crippen molar-refractivity contribution in [1.82, 2.24) is 5.32 Å². The quantitative estimate of drug-likeness (QED) is 0.586. The SMILES string of the molecule is COCCC(C)NC(=O)C(CN)OC. The van der Waals surface area contributed by atoms with Gasteiger partial charge in [0.25, 0.3) is 5.91 Å². The molecule has 0 spiro atoms. The van der Waals surface area contributed by atoms with E-state index in [2.05, 4.69) is 5.32 Å². The maximum atomic E-state index is 11.4. The standard InChI is InChI=1S/C9H20N2O3/c1-7(4-5-13-2)11-9(12)8(6-10)14-3/h7-8H,4-6,10H2,1-3H3,(H,11,12). The highest BCUT2D eigenvalue weighted by molar-refractivity contribution is 5.81. The van der Waals surface area contributed by atoms with E-state index in [1.54, 1.807) is 7.11 Å². The molecule has 14 heavy (non-hydrogen) atoms. The fourth-order valence-electron chi connectivity index (χ4n) is 1.01. The van der Waals surface area contributed by atoms with Gasteiger partial charge in [-0.1, -0.05) is 0 Å². The molecule has 2 atom stereocenters. The average molecular weight is 204 g/mol. The number of rotatable bonds is 7. The van der Waals surface area contributed by atoms with E-state index in [0.29, 0.717) is 6.61 Å². The van der Waals surface area contributed by atoms with Crippen molar-refractivity contribution in [3.8, 4) is 0 Å². The van der Waals surface area contributed by atoms with Gasteiger partial charge < -0.3 is 20.5 Å². The first kappa shape index (κ1) is 13.4. The van der Waals surface area contributed by atoms with Gasteiger partial charge in [0, 0.05) is 33.4 Å². The number of carbonyl (C=O) groups excluding carboxylic acids is 1. The fraction of sp³-hybridized carbons (Fsp3) is 0.889. The van der Waals surface area contributed by atoms with Crippen LogP contribution in [0.15, 0.2) is 0 Å². The second kappa shape index (κ2) is 7.73. The van der Waals surface area contributed by atoms with E-state index < -0.39 is 6.10 Å². The highest BCUT2D eigenvalue weighted by Gasteiger charge is 2.17.